The smallest absolute Gasteiger partial charge is 0.159 e. The molecule has 4 N–H and O–H groups in total. The number of rotatable bonds is 5. The molecule has 0 fully saturated rings. The second-order valence-corrected chi connectivity index (χ2v) is 5.51. The lowest BCUT2D eigenvalue weighted by atomic mass is 10.3. The van der Waals surface area contributed by atoms with Crippen LogP contribution >= 0.6 is 23.2 Å². The van der Waals surface area contributed by atoms with Gasteiger partial charge in [-0.25, -0.2) is 9.97 Å². The number of hydrogen-bond donors (Lipinski definition) is 3. The third kappa shape index (κ3) is 3.67. The number of anilines is 4. The molecule has 1 aromatic carbocycles. The number of aromatic nitrogens is 2. The molecule has 0 radical (unpaired) electrons. The molecule has 3 rings (SSSR count). The van der Waals surface area contributed by atoms with Gasteiger partial charge in [-0.3, -0.25) is 0 Å². The average Bonchev–Trinajstić information content (AvgIpc) is 3.05. The fraction of sp³-hybridized carbons (Fsp3) is 0.0667. The Hall–Kier alpha value is -2.44. The van der Waals surface area contributed by atoms with E-state index in [0.29, 0.717) is 39.6 Å². The Balaban J connectivity index is 1.80. The molecule has 0 saturated carbocycles. The zero-order valence-electron chi connectivity index (χ0n) is 11.9. The summed E-state index contributed by atoms with van der Waals surface area (Å²) in [6.45, 7) is 0.464. The Morgan fingerprint density at radius 2 is 1.96 bits per heavy atom. The molecule has 6 nitrogen and oxygen atoms in total. The van der Waals surface area contributed by atoms with Gasteiger partial charge in [0.15, 0.2) is 11.6 Å². The molecule has 0 aliphatic carbocycles. The highest BCUT2D eigenvalue weighted by Crippen LogP contribution is 2.31. The normalized spacial score (nSPS) is 10.5. The lowest BCUT2D eigenvalue weighted by Gasteiger charge is -2.13. The van der Waals surface area contributed by atoms with Crippen molar-refractivity contribution in [1.29, 1.82) is 0 Å². The maximum atomic E-state index is 6.13. The average molecular weight is 350 g/mol. The van der Waals surface area contributed by atoms with E-state index in [1.807, 2.05) is 12.1 Å². The molecule has 0 aliphatic rings. The van der Waals surface area contributed by atoms with Gasteiger partial charge >= 0.3 is 0 Å². The number of halogens is 2. The fourth-order valence-corrected chi connectivity index (χ4v) is 2.28. The molecule has 0 spiro atoms. The van der Waals surface area contributed by atoms with Crippen molar-refractivity contribution >= 4 is 46.2 Å². The Kier molecular flexibility index (Phi) is 4.55. The summed E-state index contributed by atoms with van der Waals surface area (Å²) in [4.78, 5) is 8.27. The van der Waals surface area contributed by atoms with Gasteiger partial charge in [0.25, 0.3) is 0 Å². The summed E-state index contributed by atoms with van der Waals surface area (Å²) in [5, 5.41) is 7.23. The summed E-state index contributed by atoms with van der Waals surface area (Å²) in [6.07, 6.45) is 3.01. The number of nitrogens with two attached hydrogens (primary N) is 1. The van der Waals surface area contributed by atoms with Crippen molar-refractivity contribution in [3.05, 3.63) is 58.7 Å². The van der Waals surface area contributed by atoms with E-state index in [-0.39, 0.29) is 0 Å². The van der Waals surface area contributed by atoms with E-state index < -0.39 is 0 Å². The van der Waals surface area contributed by atoms with Crippen molar-refractivity contribution in [2.75, 3.05) is 16.4 Å². The summed E-state index contributed by atoms with van der Waals surface area (Å²) >= 11 is 12.1. The number of nitrogens with one attached hydrogen (secondary N) is 2. The van der Waals surface area contributed by atoms with Crippen LogP contribution in [0.4, 0.5) is 23.0 Å². The largest absolute Gasteiger partial charge is 0.467 e. The minimum Gasteiger partial charge on any atom is -0.467 e. The van der Waals surface area contributed by atoms with E-state index in [0.717, 1.165) is 5.76 Å². The van der Waals surface area contributed by atoms with Crippen LogP contribution in [0.3, 0.4) is 0 Å². The van der Waals surface area contributed by atoms with Crippen LogP contribution < -0.4 is 16.4 Å². The van der Waals surface area contributed by atoms with E-state index >= 15 is 0 Å². The number of hydrogen-bond acceptors (Lipinski definition) is 6. The second-order valence-electron chi connectivity index (χ2n) is 4.67. The van der Waals surface area contributed by atoms with Crippen LogP contribution in [-0.2, 0) is 6.54 Å². The van der Waals surface area contributed by atoms with Crippen molar-refractivity contribution in [3.63, 3.8) is 0 Å². The highest BCUT2D eigenvalue weighted by atomic mass is 35.5. The highest BCUT2D eigenvalue weighted by Gasteiger charge is 2.10. The van der Waals surface area contributed by atoms with Crippen LogP contribution in [0.2, 0.25) is 10.0 Å². The predicted molar refractivity (Wildman–Crippen MR) is 92.2 cm³/mol. The fourth-order valence-electron chi connectivity index (χ4n) is 1.94. The first-order chi connectivity index (χ1) is 11.1. The molecule has 2 heterocycles. The van der Waals surface area contributed by atoms with Gasteiger partial charge in [-0.05, 0) is 30.3 Å². The summed E-state index contributed by atoms with van der Waals surface area (Å²) in [6, 6.07) is 8.76. The molecule has 8 heteroatoms. The summed E-state index contributed by atoms with van der Waals surface area (Å²) in [7, 11) is 0. The van der Waals surface area contributed by atoms with Crippen LogP contribution in [0, 0.1) is 0 Å². The van der Waals surface area contributed by atoms with Crippen LogP contribution in [-0.4, -0.2) is 9.97 Å². The molecular formula is C15H13Cl2N5O. The first-order valence-corrected chi connectivity index (χ1v) is 7.48. The van der Waals surface area contributed by atoms with E-state index in [9.17, 15) is 0 Å². The van der Waals surface area contributed by atoms with E-state index in [2.05, 4.69) is 20.6 Å². The SMILES string of the molecule is Nc1c(NCc2ccco2)ncnc1Nc1cc(Cl)ccc1Cl. The maximum absolute atomic E-state index is 6.13. The second kappa shape index (κ2) is 6.76. The number of nitrogen functional groups attached to an aromatic ring is 1. The standard InChI is InChI=1S/C15H13Cl2N5O/c16-9-3-4-11(17)12(6-9)22-15-13(18)14(20-8-21-15)19-7-10-2-1-5-23-10/h1-6,8H,7,18H2,(H2,19,20,21,22). The minimum absolute atomic E-state index is 0.370. The monoisotopic (exact) mass is 349 g/mol. The van der Waals surface area contributed by atoms with Crippen molar-refractivity contribution < 1.29 is 4.42 Å². The molecule has 0 saturated heterocycles. The molecule has 0 atom stereocenters. The van der Waals surface area contributed by atoms with E-state index in [1.165, 1.54) is 6.33 Å². The molecule has 0 bridgehead atoms. The number of nitrogens with zero attached hydrogens (tertiary/aromatic N) is 2. The Morgan fingerprint density at radius 1 is 1.13 bits per heavy atom. The van der Waals surface area contributed by atoms with Crippen LogP contribution in [0.25, 0.3) is 0 Å². The Labute approximate surface area is 142 Å². The first kappa shape index (κ1) is 15.5. The topological polar surface area (TPSA) is 89.0 Å². The van der Waals surface area contributed by atoms with Crippen molar-refractivity contribution in [3.8, 4) is 0 Å². The zero-order chi connectivity index (χ0) is 16.2. The number of benzene rings is 1. The van der Waals surface area contributed by atoms with Gasteiger partial charge in [-0.15, -0.1) is 0 Å². The molecule has 23 heavy (non-hydrogen) atoms. The van der Waals surface area contributed by atoms with E-state index in [4.69, 9.17) is 33.4 Å². The molecular weight excluding hydrogens is 337 g/mol. The van der Waals surface area contributed by atoms with Gasteiger partial charge in [-0.2, -0.15) is 0 Å². The molecule has 3 aromatic rings. The predicted octanol–water partition coefficient (Wildman–Crippen LogP) is 4.31. The van der Waals surface area contributed by atoms with Crippen LogP contribution in [0.15, 0.2) is 47.3 Å². The van der Waals surface area contributed by atoms with E-state index in [1.54, 1.807) is 24.5 Å². The summed E-state index contributed by atoms with van der Waals surface area (Å²) in [5.74, 6) is 1.71. The Morgan fingerprint density at radius 3 is 2.74 bits per heavy atom. The molecule has 0 amide bonds. The minimum atomic E-state index is 0.370. The molecule has 118 valence electrons. The van der Waals surface area contributed by atoms with Crippen LogP contribution in [0.5, 0.6) is 0 Å². The van der Waals surface area contributed by atoms with Crippen LogP contribution in [0.1, 0.15) is 5.76 Å². The zero-order valence-corrected chi connectivity index (χ0v) is 13.4. The quantitative estimate of drug-likeness (QED) is 0.635. The van der Waals surface area contributed by atoms with Gasteiger partial charge in [0.2, 0.25) is 0 Å². The van der Waals surface area contributed by atoms with Crippen molar-refractivity contribution in [2.24, 2.45) is 0 Å². The molecule has 2 aromatic heterocycles. The van der Waals surface area contributed by atoms with Gasteiger partial charge in [0.05, 0.1) is 23.5 Å². The third-order valence-corrected chi connectivity index (χ3v) is 3.64. The lowest BCUT2D eigenvalue weighted by Crippen LogP contribution is -2.07. The summed E-state index contributed by atoms with van der Waals surface area (Å²) in [5.41, 5.74) is 7.09. The van der Waals surface area contributed by atoms with Gasteiger partial charge in [-0.1, -0.05) is 23.2 Å². The lowest BCUT2D eigenvalue weighted by molar-refractivity contribution is 0.518. The van der Waals surface area contributed by atoms with Gasteiger partial charge < -0.3 is 20.8 Å². The van der Waals surface area contributed by atoms with Crippen molar-refractivity contribution in [1.82, 2.24) is 9.97 Å². The summed E-state index contributed by atoms with van der Waals surface area (Å²) < 4.78 is 5.26. The molecule has 0 aliphatic heterocycles. The maximum Gasteiger partial charge on any atom is 0.159 e. The highest BCUT2D eigenvalue weighted by molar-refractivity contribution is 6.35. The Bertz CT molecular complexity index is 808. The third-order valence-electron chi connectivity index (χ3n) is 3.08. The van der Waals surface area contributed by atoms with Gasteiger partial charge in [0, 0.05) is 5.02 Å². The van der Waals surface area contributed by atoms with Gasteiger partial charge in [0.1, 0.15) is 17.8 Å². The number of furan rings is 1. The first-order valence-electron chi connectivity index (χ1n) is 6.72. The van der Waals surface area contributed by atoms with Crippen molar-refractivity contribution in [2.45, 2.75) is 6.54 Å². The molecule has 0 unspecified atom stereocenters.